The van der Waals surface area contributed by atoms with Gasteiger partial charge in [-0.25, -0.2) is 0 Å². The van der Waals surface area contributed by atoms with Crippen LogP contribution in [-0.4, -0.2) is 6.66 Å². The first-order valence-corrected chi connectivity index (χ1v) is 12.9. The maximum absolute atomic E-state index is 6.20. The first-order chi connectivity index (χ1) is 13.6. The molecule has 0 atom stereocenters. The van der Waals surface area contributed by atoms with E-state index in [9.17, 15) is 0 Å². The minimum absolute atomic E-state index is 0.735. The molecule has 0 N–H and O–H groups in total. The Morgan fingerprint density at radius 2 is 1.18 bits per heavy atom. The number of hydrogen-bond acceptors (Lipinski definition) is 0. The fourth-order valence-corrected chi connectivity index (χ4v) is 8.64. The molecule has 0 aromatic heterocycles. The molecule has 0 saturated carbocycles. The average molecular weight is 468 g/mol. The normalized spacial score (nSPS) is 12.0. The second-order valence-corrected chi connectivity index (χ2v) is 12.3. The summed E-state index contributed by atoms with van der Waals surface area (Å²) in [5.41, 5.74) is 2.43. The Labute approximate surface area is 180 Å². The molecule has 0 heterocycles. The molecule has 0 aliphatic heterocycles. The molecular weight excluding hydrogens is 447 g/mol. The zero-order valence-electron chi connectivity index (χ0n) is 15.6. The van der Waals surface area contributed by atoms with E-state index in [1.54, 1.807) is 0 Å². The number of rotatable bonds is 4. The third-order valence-corrected chi connectivity index (χ3v) is 10.8. The Bertz CT molecular complexity index is 1050. The first kappa shape index (κ1) is 19.4. The van der Waals surface area contributed by atoms with Gasteiger partial charge in [0.2, 0.25) is 0 Å². The Balaban J connectivity index is 2.02. The van der Waals surface area contributed by atoms with Crippen LogP contribution in [0.3, 0.4) is 0 Å². The molecular formula is C25H21BrClP. The molecule has 0 nitrogen and oxygen atoms in total. The summed E-state index contributed by atoms with van der Waals surface area (Å²) >= 11 is 9.93. The van der Waals surface area contributed by atoms with Gasteiger partial charge in [0.1, 0.15) is 0 Å². The van der Waals surface area contributed by atoms with Gasteiger partial charge in [-0.3, -0.25) is 0 Å². The van der Waals surface area contributed by atoms with Gasteiger partial charge in [-0.2, -0.15) is 0 Å². The molecule has 0 radical (unpaired) electrons. The van der Waals surface area contributed by atoms with Crippen molar-refractivity contribution in [2.24, 2.45) is 0 Å². The van der Waals surface area contributed by atoms with Gasteiger partial charge in [0, 0.05) is 0 Å². The fourth-order valence-electron chi connectivity index (χ4n) is 3.88. The quantitative estimate of drug-likeness (QED) is 0.304. The molecule has 140 valence electrons. The molecule has 0 spiro atoms. The van der Waals surface area contributed by atoms with E-state index in [0.29, 0.717) is 0 Å². The summed E-state index contributed by atoms with van der Waals surface area (Å²) in [7, 11) is -2.20. The summed E-state index contributed by atoms with van der Waals surface area (Å²) in [4.78, 5) is 0. The topological polar surface area (TPSA) is 0 Å². The molecule has 0 amide bonds. The maximum atomic E-state index is 6.20. The molecule has 0 aliphatic rings. The van der Waals surface area contributed by atoms with Crippen molar-refractivity contribution >= 4 is 50.7 Å². The van der Waals surface area contributed by atoms with E-state index in [-0.39, 0.29) is 0 Å². The second-order valence-electron chi connectivity index (χ2n) is 7.03. The van der Waals surface area contributed by atoms with Crippen molar-refractivity contribution in [3.63, 3.8) is 0 Å². The van der Waals surface area contributed by atoms with Crippen LogP contribution in [-0.2, 0) is 0 Å². The summed E-state index contributed by atoms with van der Waals surface area (Å²) in [6.45, 7) is 2.44. The van der Waals surface area contributed by atoms with Crippen LogP contribution in [0.25, 0.3) is 11.1 Å². The van der Waals surface area contributed by atoms with Crippen LogP contribution in [0.4, 0.5) is 0 Å². The van der Waals surface area contributed by atoms with Gasteiger partial charge in [0.15, 0.2) is 0 Å². The van der Waals surface area contributed by atoms with Crippen LogP contribution in [0.1, 0.15) is 0 Å². The number of benzene rings is 4. The zero-order chi connectivity index (χ0) is 19.6. The van der Waals surface area contributed by atoms with Crippen LogP contribution in [0.15, 0.2) is 108 Å². The van der Waals surface area contributed by atoms with Gasteiger partial charge in [-0.05, 0) is 0 Å². The molecule has 0 saturated heterocycles. The van der Waals surface area contributed by atoms with Crippen LogP contribution in [0, 0.1) is 0 Å². The summed E-state index contributed by atoms with van der Waals surface area (Å²) in [6, 6.07) is 36.7. The van der Waals surface area contributed by atoms with E-state index in [1.165, 1.54) is 27.0 Å². The standard InChI is InChI=1S/C25H21BrClP/c1-28(20-10-4-2-5-11-20,21-12-6-3-7-13-21)25-15-9-8-14-23(25)22-17-16-19(27)18-24(22)26/h2-18,28H,1H3. The van der Waals surface area contributed by atoms with Crippen molar-refractivity contribution in [1.29, 1.82) is 0 Å². The monoisotopic (exact) mass is 466 g/mol. The summed E-state index contributed by atoms with van der Waals surface area (Å²) in [6.07, 6.45) is 0. The van der Waals surface area contributed by atoms with Crippen molar-refractivity contribution in [3.05, 3.63) is 113 Å². The summed E-state index contributed by atoms with van der Waals surface area (Å²) in [5, 5.41) is 4.94. The van der Waals surface area contributed by atoms with Crippen molar-refractivity contribution in [2.45, 2.75) is 0 Å². The van der Waals surface area contributed by atoms with Gasteiger partial charge in [-0.15, -0.1) is 0 Å². The fraction of sp³-hybridized carbons (Fsp3) is 0.0400. The van der Waals surface area contributed by atoms with Crippen LogP contribution < -0.4 is 15.9 Å². The second kappa shape index (κ2) is 8.21. The SMILES string of the molecule is C[PH](c1ccccc1)(c1ccccc1)c1ccccc1-c1ccc(Cl)cc1Br. The molecule has 0 unspecified atom stereocenters. The van der Waals surface area contributed by atoms with Gasteiger partial charge in [0.25, 0.3) is 0 Å². The van der Waals surface area contributed by atoms with Crippen molar-refractivity contribution in [3.8, 4) is 11.1 Å². The van der Waals surface area contributed by atoms with Crippen LogP contribution in [0.5, 0.6) is 0 Å². The van der Waals surface area contributed by atoms with Crippen molar-refractivity contribution in [1.82, 2.24) is 0 Å². The molecule has 0 fully saturated rings. The van der Waals surface area contributed by atoms with Gasteiger partial charge >= 0.3 is 181 Å². The Kier molecular flexibility index (Phi) is 5.69. The van der Waals surface area contributed by atoms with E-state index in [2.05, 4.69) is 114 Å². The van der Waals surface area contributed by atoms with Gasteiger partial charge in [0.05, 0.1) is 0 Å². The first-order valence-electron chi connectivity index (χ1n) is 9.26. The van der Waals surface area contributed by atoms with Crippen molar-refractivity contribution in [2.75, 3.05) is 6.66 Å². The number of hydrogen-bond donors (Lipinski definition) is 0. The van der Waals surface area contributed by atoms with Gasteiger partial charge in [-0.1, -0.05) is 0 Å². The molecule has 28 heavy (non-hydrogen) atoms. The van der Waals surface area contributed by atoms with E-state index in [1.807, 2.05) is 12.1 Å². The average Bonchev–Trinajstić information content (AvgIpc) is 2.74. The summed E-state index contributed by atoms with van der Waals surface area (Å²) < 4.78 is 1.02. The summed E-state index contributed by atoms with van der Waals surface area (Å²) in [5.74, 6) is 0. The Morgan fingerprint density at radius 3 is 1.75 bits per heavy atom. The van der Waals surface area contributed by atoms with E-state index in [0.717, 1.165) is 9.50 Å². The molecule has 4 aromatic rings. The molecule has 0 aliphatic carbocycles. The molecule has 4 rings (SSSR count). The van der Waals surface area contributed by atoms with Crippen molar-refractivity contribution < 1.29 is 0 Å². The third kappa shape index (κ3) is 3.55. The van der Waals surface area contributed by atoms with Crippen LogP contribution in [0.2, 0.25) is 5.02 Å². The Morgan fingerprint density at radius 1 is 0.643 bits per heavy atom. The van der Waals surface area contributed by atoms with E-state index < -0.39 is 7.26 Å². The molecule has 4 aromatic carbocycles. The van der Waals surface area contributed by atoms with E-state index in [4.69, 9.17) is 11.6 Å². The third-order valence-electron chi connectivity index (χ3n) is 5.39. The minimum atomic E-state index is -2.20. The predicted molar refractivity (Wildman–Crippen MR) is 131 cm³/mol. The van der Waals surface area contributed by atoms with Gasteiger partial charge < -0.3 is 0 Å². The molecule has 0 bridgehead atoms. The molecule has 3 heteroatoms. The predicted octanol–water partition coefficient (Wildman–Crippen LogP) is 6.43. The van der Waals surface area contributed by atoms with E-state index >= 15 is 0 Å². The number of halogens is 2. The van der Waals surface area contributed by atoms with Crippen LogP contribution >= 0.6 is 34.8 Å². The zero-order valence-corrected chi connectivity index (χ0v) is 18.9. The Hall–Kier alpha value is -1.92.